The molecule has 0 heterocycles. The zero-order chi connectivity index (χ0) is 21.6. The summed E-state index contributed by atoms with van der Waals surface area (Å²) in [7, 11) is 0. The summed E-state index contributed by atoms with van der Waals surface area (Å²) < 4.78 is 46.7. The van der Waals surface area contributed by atoms with Gasteiger partial charge in [0.25, 0.3) is 5.91 Å². The first-order valence-electron chi connectivity index (χ1n) is 8.92. The highest BCUT2D eigenvalue weighted by atomic mass is 19.4. The van der Waals surface area contributed by atoms with Gasteiger partial charge in [-0.2, -0.15) is 0 Å². The molecular formula is C22H18F3NO4. The highest BCUT2D eigenvalue weighted by molar-refractivity contribution is 5.86. The van der Waals surface area contributed by atoms with Crippen molar-refractivity contribution in [2.24, 2.45) is 0 Å². The molecule has 0 aromatic heterocycles. The number of halogens is 3. The van der Waals surface area contributed by atoms with Gasteiger partial charge < -0.3 is 9.47 Å². The summed E-state index contributed by atoms with van der Waals surface area (Å²) in [5.74, 6) is -1.28. The van der Waals surface area contributed by atoms with Crippen LogP contribution in [0.4, 0.5) is 13.2 Å². The van der Waals surface area contributed by atoms with Gasteiger partial charge in [0.2, 0.25) is 0 Å². The number of carbonyl (C=O) groups is 1. The fourth-order valence-corrected chi connectivity index (χ4v) is 2.99. The van der Waals surface area contributed by atoms with Crippen LogP contribution in [0, 0.1) is 0 Å². The Kier molecular flexibility index (Phi) is 6.58. The van der Waals surface area contributed by atoms with E-state index in [0.29, 0.717) is 22.4 Å². The van der Waals surface area contributed by atoms with Crippen molar-refractivity contribution in [2.45, 2.75) is 18.9 Å². The van der Waals surface area contributed by atoms with Gasteiger partial charge >= 0.3 is 6.36 Å². The fourth-order valence-electron chi connectivity index (χ4n) is 2.99. The second kappa shape index (κ2) is 9.32. The van der Waals surface area contributed by atoms with Crippen LogP contribution >= 0.6 is 0 Å². The average molecular weight is 417 g/mol. The van der Waals surface area contributed by atoms with E-state index < -0.39 is 18.2 Å². The summed E-state index contributed by atoms with van der Waals surface area (Å²) in [4.78, 5) is 12.2. The van der Waals surface area contributed by atoms with E-state index in [1.54, 1.807) is 60.1 Å². The van der Waals surface area contributed by atoms with Crippen molar-refractivity contribution in [3.8, 4) is 11.5 Å². The molecule has 5 nitrogen and oxygen atoms in total. The Morgan fingerprint density at radius 1 is 0.900 bits per heavy atom. The van der Waals surface area contributed by atoms with Crippen molar-refractivity contribution < 1.29 is 32.6 Å². The molecule has 0 bridgehead atoms. The number of ether oxygens (including phenoxy) is 2. The molecule has 0 aliphatic carbocycles. The number of benzene rings is 3. The van der Waals surface area contributed by atoms with E-state index >= 15 is 0 Å². The van der Waals surface area contributed by atoms with Gasteiger partial charge in [-0.3, -0.25) is 10.0 Å². The Hall–Kier alpha value is -3.52. The molecule has 3 aromatic rings. The SMILES string of the molecule is O=C(NO)C(c1ccccc1)c1cccc(OCc2cccc(OC(F)(F)F)c2)c1. The van der Waals surface area contributed by atoms with Crippen LogP contribution in [0.5, 0.6) is 11.5 Å². The van der Waals surface area contributed by atoms with Gasteiger partial charge in [0.05, 0.1) is 5.92 Å². The summed E-state index contributed by atoms with van der Waals surface area (Å²) in [6.45, 7) is 0.000705. The predicted octanol–water partition coefficient (Wildman–Crippen LogP) is 4.80. The number of amides is 1. The van der Waals surface area contributed by atoms with Crippen LogP contribution in [-0.4, -0.2) is 17.5 Å². The third kappa shape index (κ3) is 5.74. The Balaban J connectivity index is 1.77. The van der Waals surface area contributed by atoms with Gasteiger partial charge in [-0.25, -0.2) is 5.48 Å². The number of carbonyl (C=O) groups excluding carboxylic acids is 1. The molecule has 0 saturated carbocycles. The highest BCUT2D eigenvalue weighted by Crippen LogP contribution is 2.28. The maximum atomic E-state index is 12.4. The average Bonchev–Trinajstić information content (AvgIpc) is 2.72. The minimum atomic E-state index is -4.77. The van der Waals surface area contributed by atoms with Gasteiger partial charge in [-0.15, -0.1) is 13.2 Å². The van der Waals surface area contributed by atoms with Crippen molar-refractivity contribution >= 4 is 5.91 Å². The molecule has 0 spiro atoms. The van der Waals surface area contributed by atoms with Gasteiger partial charge in [-0.1, -0.05) is 54.6 Å². The molecule has 0 radical (unpaired) electrons. The zero-order valence-electron chi connectivity index (χ0n) is 15.6. The van der Waals surface area contributed by atoms with Crippen LogP contribution in [-0.2, 0) is 11.4 Å². The molecule has 1 atom stereocenters. The van der Waals surface area contributed by atoms with Gasteiger partial charge in [0.15, 0.2) is 0 Å². The topological polar surface area (TPSA) is 67.8 Å². The lowest BCUT2D eigenvalue weighted by atomic mass is 9.90. The molecule has 0 saturated heterocycles. The summed E-state index contributed by atoms with van der Waals surface area (Å²) in [6.07, 6.45) is -4.77. The first kappa shape index (κ1) is 21.2. The van der Waals surface area contributed by atoms with Crippen molar-refractivity contribution in [3.05, 3.63) is 95.6 Å². The number of alkyl halides is 3. The molecule has 3 rings (SSSR count). The van der Waals surface area contributed by atoms with Gasteiger partial charge in [0, 0.05) is 0 Å². The van der Waals surface area contributed by atoms with Crippen LogP contribution in [0.2, 0.25) is 0 Å². The maximum absolute atomic E-state index is 12.4. The molecule has 156 valence electrons. The molecule has 30 heavy (non-hydrogen) atoms. The first-order chi connectivity index (χ1) is 14.4. The minimum absolute atomic E-state index is 0.000705. The van der Waals surface area contributed by atoms with Crippen LogP contribution in [0.25, 0.3) is 0 Å². The molecule has 2 N–H and O–H groups in total. The van der Waals surface area contributed by atoms with Crippen LogP contribution in [0.15, 0.2) is 78.9 Å². The van der Waals surface area contributed by atoms with E-state index in [2.05, 4.69) is 4.74 Å². The molecular weight excluding hydrogens is 399 g/mol. The second-order valence-corrected chi connectivity index (χ2v) is 6.38. The molecule has 1 unspecified atom stereocenters. The number of hydroxylamine groups is 1. The van der Waals surface area contributed by atoms with E-state index in [9.17, 15) is 18.0 Å². The van der Waals surface area contributed by atoms with Crippen LogP contribution in [0.3, 0.4) is 0 Å². The standard InChI is InChI=1S/C22H18F3NO4/c23-22(24,25)30-19-11-4-6-15(12-19)14-29-18-10-5-9-17(13-18)20(21(27)26-28)16-7-2-1-3-8-16/h1-13,20,28H,14H2,(H,26,27). The molecule has 0 fully saturated rings. The van der Waals surface area contributed by atoms with Crippen LogP contribution < -0.4 is 15.0 Å². The van der Waals surface area contributed by atoms with Crippen LogP contribution in [0.1, 0.15) is 22.6 Å². The minimum Gasteiger partial charge on any atom is -0.489 e. The van der Waals surface area contributed by atoms with Gasteiger partial charge in [-0.05, 0) is 41.0 Å². The third-order valence-electron chi connectivity index (χ3n) is 4.23. The largest absolute Gasteiger partial charge is 0.573 e. The monoisotopic (exact) mass is 417 g/mol. The smallest absolute Gasteiger partial charge is 0.489 e. The van der Waals surface area contributed by atoms with Crippen molar-refractivity contribution in [3.63, 3.8) is 0 Å². The van der Waals surface area contributed by atoms with E-state index in [0.717, 1.165) is 0 Å². The second-order valence-electron chi connectivity index (χ2n) is 6.38. The number of hydrogen-bond donors (Lipinski definition) is 2. The predicted molar refractivity (Wildman–Crippen MR) is 102 cm³/mol. The summed E-state index contributed by atoms with van der Waals surface area (Å²) in [5.41, 5.74) is 3.42. The van der Waals surface area contributed by atoms with Crippen molar-refractivity contribution in [2.75, 3.05) is 0 Å². The zero-order valence-corrected chi connectivity index (χ0v) is 15.6. The van der Waals surface area contributed by atoms with E-state index in [-0.39, 0.29) is 12.4 Å². The van der Waals surface area contributed by atoms with Crippen molar-refractivity contribution in [1.29, 1.82) is 0 Å². The van der Waals surface area contributed by atoms with Gasteiger partial charge in [0.1, 0.15) is 18.1 Å². The number of nitrogens with one attached hydrogen (secondary N) is 1. The van der Waals surface area contributed by atoms with Crippen molar-refractivity contribution in [1.82, 2.24) is 5.48 Å². The first-order valence-corrected chi connectivity index (χ1v) is 8.92. The Morgan fingerprint density at radius 3 is 2.27 bits per heavy atom. The fraction of sp³-hybridized carbons (Fsp3) is 0.136. The molecule has 8 heteroatoms. The molecule has 0 aliphatic heterocycles. The lowest BCUT2D eigenvalue weighted by Gasteiger charge is -2.17. The Morgan fingerprint density at radius 2 is 1.57 bits per heavy atom. The highest BCUT2D eigenvalue weighted by Gasteiger charge is 2.31. The molecule has 1 amide bonds. The molecule has 0 aliphatic rings. The summed E-state index contributed by atoms with van der Waals surface area (Å²) >= 11 is 0. The lowest BCUT2D eigenvalue weighted by Crippen LogP contribution is -2.27. The summed E-state index contributed by atoms with van der Waals surface area (Å²) in [6, 6.07) is 21.1. The summed E-state index contributed by atoms with van der Waals surface area (Å²) in [5, 5.41) is 9.13. The maximum Gasteiger partial charge on any atom is 0.573 e. The van der Waals surface area contributed by atoms with E-state index in [4.69, 9.17) is 9.94 Å². The lowest BCUT2D eigenvalue weighted by molar-refractivity contribution is -0.274. The number of rotatable bonds is 7. The van der Waals surface area contributed by atoms with E-state index in [1.807, 2.05) is 6.07 Å². The normalized spacial score (nSPS) is 12.1. The third-order valence-corrected chi connectivity index (χ3v) is 4.23. The number of hydrogen-bond acceptors (Lipinski definition) is 4. The molecule has 3 aromatic carbocycles. The quantitative estimate of drug-likeness (QED) is 0.428. The van der Waals surface area contributed by atoms with E-state index in [1.165, 1.54) is 18.2 Å². The Bertz CT molecular complexity index is 993. The Labute approximate surface area is 170 Å².